The summed E-state index contributed by atoms with van der Waals surface area (Å²) >= 11 is 0. The smallest absolute Gasteiger partial charge is 0.410 e. The average Bonchev–Trinajstić information content (AvgIpc) is 2.77. The van der Waals surface area contributed by atoms with Crippen molar-refractivity contribution in [2.75, 3.05) is 13.2 Å². The lowest BCUT2D eigenvalue weighted by Gasteiger charge is -2.22. The molecule has 0 saturated carbocycles. The Hall–Kier alpha value is -1.30. The van der Waals surface area contributed by atoms with Crippen LogP contribution in [0.5, 0.6) is 0 Å². The maximum atomic E-state index is 11.6. The summed E-state index contributed by atoms with van der Waals surface area (Å²) < 4.78 is 5.06. The van der Waals surface area contributed by atoms with E-state index in [1.165, 1.54) is 4.90 Å². The van der Waals surface area contributed by atoms with Crippen molar-refractivity contribution in [3.63, 3.8) is 0 Å². The lowest BCUT2D eigenvalue weighted by atomic mass is 10.2. The van der Waals surface area contributed by atoms with Crippen molar-refractivity contribution < 1.29 is 14.3 Å². The molecule has 0 aromatic rings. The van der Waals surface area contributed by atoms with Crippen LogP contribution in [0, 0.1) is 0 Å². The topological polar surface area (TPSA) is 84.7 Å². The maximum Gasteiger partial charge on any atom is 0.410 e. The minimum Gasteiger partial charge on any atom is -0.449 e. The van der Waals surface area contributed by atoms with E-state index in [0.29, 0.717) is 19.6 Å². The number of unbranched alkanes of at least 4 members (excludes halogenated alkanes) is 1. The largest absolute Gasteiger partial charge is 0.449 e. The normalized spacial score (nSPS) is 19.6. The number of hydrogen-bond acceptors (Lipinski definition) is 4. The summed E-state index contributed by atoms with van der Waals surface area (Å²) in [5, 5.41) is 0. The van der Waals surface area contributed by atoms with E-state index >= 15 is 0 Å². The summed E-state index contributed by atoms with van der Waals surface area (Å²) in [6, 6.07) is -0.473. The minimum atomic E-state index is -0.473. The number of carbonyl (C=O) groups excluding carboxylic acids is 2. The lowest BCUT2D eigenvalue weighted by molar-refractivity contribution is -0.125. The third kappa shape index (κ3) is 3.10. The first kappa shape index (κ1) is 12.8. The fourth-order valence-electron chi connectivity index (χ4n) is 1.74. The molecular formula is C10H19N3O3. The van der Waals surface area contributed by atoms with Gasteiger partial charge in [-0.25, -0.2) is 10.6 Å². The fraction of sp³-hybridized carbons (Fsp3) is 0.800. The number of carbonyl (C=O) groups is 2. The number of rotatable bonds is 4. The Labute approximate surface area is 95.1 Å². The molecule has 1 rings (SSSR count). The first-order chi connectivity index (χ1) is 7.70. The molecule has 3 N–H and O–H groups in total. The Kier molecular flexibility index (Phi) is 5.04. The van der Waals surface area contributed by atoms with Gasteiger partial charge < -0.3 is 4.74 Å². The molecule has 6 heteroatoms. The van der Waals surface area contributed by atoms with Gasteiger partial charge in [0.25, 0.3) is 5.91 Å². The van der Waals surface area contributed by atoms with Crippen LogP contribution in [0.3, 0.4) is 0 Å². The molecule has 16 heavy (non-hydrogen) atoms. The van der Waals surface area contributed by atoms with E-state index in [1.807, 2.05) is 6.92 Å². The number of hydrazine groups is 1. The SMILES string of the molecule is CCCCOC(=O)N1CCCC1C(=O)NN. The molecule has 0 bridgehead atoms. The quantitative estimate of drug-likeness (QED) is 0.316. The van der Waals surface area contributed by atoms with Crippen LogP contribution in [0.15, 0.2) is 0 Å². The molecule has 1 saturated heterocycles. The molecule has 1 aliphatic rings. The van der Waals surface area contributed by atoms with Gasteiger partial charge >= 0.3 is 6.09 Å². The maximum absolute atomic E-state index is 11.6. The van der Waals surface area contributed by atoms with E-state index in [1.54, 1.807) is 0 Å². The summed E-state index contributed by atoms with van der Waals surface area (Å²) in [5.74, 6) is 4.73. The highest BCUT2D eigenvalue weighted by molar-refractivity contribution is 5.85. The number of nitrogens with one attached hydrogen (secondary N) is 1. The van der Waals surface area contributed by atoms with Gasteiger partial charge in [0.2, 0.25) is 0 Å². The predicted molar refractivity (Wildman–Crippen MR) is 58.3 cm³/mol. The Morgan fingerprint density at radius 3 is 2.94 bits per heavy atom. The third-order valence-electron chi connectivity index (χ3n) is 2.66. The zero-order chi connectivity index (χ0) is 12.0. The zero-order valence-corrected chi connectivity index (χ0v) is 9.57. The fourth-order valence-corrected chi connectivity index (χ4v) is 1.74. The molecule has 1 fully saturated rings. The van der Waals surface area contributed by atoms with E-state index < -0.39 is 12.1 Å². The molecule has 1 unspecified atom stereocenters. The van der Waals surface area contributed by atoms with Gasteiger partial charge in [-0.2, -0.15) is 0 Å². The van der Waals surface area contributed by atoms with E-state index in [-0.39, 0.29) is 5.91 Å². The van der Waals surface area contributed by atoms with Crippen LogP contribution in [0.25, 0.3) is 0 Å². The highest BCUT2D eigenvalue weighted by Crippen LogP contribution is 2.18. The highest BCUT2D eigenvalue weighted by Gasteiger charge is 2.34. The number of hydrogen-bond donors (Lipinski definition) is 2. The second kappa shape index (κ2) is 6.32. The van der Waals surface area contributed by atoms with Gasteiger partial charge in [0.15, 0.2) is 0 Å². The first-order valence-electron chi connectivity index (χ1n) is 5.64. The molecule has 0 radical (unpaired) electrons. The molecular weight excluding hydrogens is 210 g/mol. The van der Waals surface area contributed by atoms with Crippen LogP contribution >= 0.6 is 0 Å². The lowest BCUT2D eigenvalue weighted by Crippen LogP contribution is -2.48. The van der Waals surface area contributed by atoms with Gasteiger partial charge in [0, 0.05) is 6.54 Å². The zero-order valence-electron chi connectivity index (χ0n) is 9.57. The standard InChI is InChI=1S/C10H19N3O3/c1-2-3-7-16-10(15)13-6-4-5-8(13)9(14)12-11/h8H,2-7,11H2,1H3,(H,12,14). The van der Waals surface area contributed by atoms with Crippen LogP contribution in [-0.2, 0) is 9.53 Å². The second-order valence-electron chi connectivity index (χ2n) is 3.83. The van der Waals surface area contributed by atoms with Crippen LogP contribution in [0.1, 0.15) is 32.6 Å². The predicted octanol–water partition coefficient (Wildman–Crippen LogP) is 0.377. The number of nitrogens with two attached hydrogens (primary N) is 1. The van der Waals surface area contributed by atoms with Crippen LogP contribution in [-0.4, -0.2) is 36.1 Å². The molecule has 6 nitrogen and oxygen atoms in total. The molecule has 1 heterocycles. The first-order valence-corrected chi connectivity index (χ1v) is 5.64. The van der Waals surface area contributed by atoms with E-state index in [2.05, 4.69) is 5.43 Å². The molecule has 0 aromatic carbocycles. The van der Waals surface area contributed by atoms with Gasteiger partial charge in [-0.15, -0.1) is 0 Å². The molecule has 1 aliphatic heterocycles. The van der Waals surface area contributed by atoms with Crippen molar-refractivity contribution in [2.45, 2.75) is 38.6 Å². The average molecular weight is 229 g/mol. The van der Waals surface area contributed by atoms with Crippen LogP contribution in [0.2, 0.25) is 0 Å². The van der Waals surface area contributed by atoms with E-state index in [4.69, 9.17) is 10.6 Å². The molecule has 0 aromatic heterocycles. The Balaban J connectivity index is 2.44. The van der Waals surface area contributed by atoms with Crippen molar-refractivity contribution in [1.82, 2.24) is 10.3 Å². The van der Waals surface area contributed by atoms with Gasteiger partial charge in [-0.3, -0.25) is 15.1 Å². The summed E-state index contributed by atoms with van der Waals surface area (Å²) in [6.45, 7) is 2.99. The van der Waals surface area contributed by atoms with Gasteiger partial charge in [-0.05, 0) is 19.3 Å². The van der Waals surface area contributed by atoms with Crippen molar-refractivity contribution in [2.24, 2.45) is 5.84 Å². The molecule has 92 valence electrons. The third-order valence-corrected chi connectivity index (χ3v) is 2.66. The van der Waals surface area contributed by atoms with E-state index in [9.17, 15) is 9.59 Å². The van der Waals surface area contributed by atoms with Crippen LogP contribution in [0.4, 0.5) is 4.79 Å². The second-order valence-corrected chi connectivity index (χ2v) is 3.83. The summed E-state index contributed by atoms with van der Waals surface area (Å²) in [4.78, 5) is 24.4. The number of likely N-dealkylation sites (tertiary alicyclic amines) is 1. The van der Waals surface area contributed by atoms with Gasteiger partial charge in [0.1, 0.15) is 6.04 Å². The highest BCUT2D eigenvalue weighted by atomic mass is 16.6. The number of ether oxygens (including phenoxy) is 1. The Morgan fingerprint density at radius 2 is 2.31 bits per heavy atom. The monoisotopic (exact) mass is 229 g/mol. The van der Waals surface area contributed by atoms with E-state index in [0.717, 1.165) is 19.3 Å². The van der Waals surface area contributed by atoms with Crippen molar-refractivity contribution >= 4 is 12.0 Å². The van der Waals surface area contributed by atoms with Gasteiger partial charge in [0.05, 0.1) is 6.61 Å². The molecule has 2 amide bonds. The number of amides is 2. The Morgan fingerprint density at radius 1 is 1.56 bits per heavy atom. The van der Waals surface area contributed by atoms with Gasteiger partial charge in [-0.1, -0.05) is 13.3 Å². The summed E-state index contributed by atoms with van der Waals surface area (Å²) in [6.07, 6.45) is 2.85. The summed E-state index contributed by atoms with van der Waals surface area (Å²) in [5.41, 5.74) is 2.07. The molecule has 0 aliphatic carbocycles. The van der Waals surface area contributed by atoms with Crippen molar-refractivity contribution in [3.05, 3.63) is 0 Å². The molecule has 1 atom stereocenters. The summed E-state index contributed by atoms with van der Waals surface area (Å²) in [7, 11) is 0. The molecule has 0 spiro atoms. The number of nitrogens with zero attached hydrogens (tertiary/aromatic N) is 1. The van der Waals surface area contributed by atoms with Crippen molar-refractivity contribution in [1.29, 1.82) is 0 Å². The minimum absolute atomic E-state index is 0.329. The van der Waals surface area contributed by atoms with Crippen LogP contribution < -0.4 is 11.3 Å². The van der Waals surface area contributed by atoms with Crippen molar-refractivity contribution in [3.8, 4) is 0 Å². The Bertz CT molecular complexity index is 258.